The molecule has 1 atom stereocenters. The number of piperazine rings is 1. The molecule has 0 bridgehead atoms. The number of carbonyl (C=O) groups is 1. The fourth-order valence-electron chi connectivity index (χ4n) is 4.92. The Labute approximate surface area is 186 Å². The number of ether oxygens (including phenoxy) is 1. The second-order valence-corrected chi connectivity index (χ2v) is 11.0. The van der Waals surface area contributed by atoms with Crippen LogP contribution >= 0.6 is 0 Å². The normalized spacial score (nSPS) is 24.3. The molecule has 2 saturated heterocycles. The summed E-state index contributed by atoms with van der Waals surface area (Å²) >= 11 is 0. The summed E-state index contributed by atoms with van der Waals surface area (Å²) in [6, 6.07) is 7.53. The molecule has 0 spiro atoms. The average Bonchev–Trinajstić information content (AvgIpc) is 3.33. The zero-order valence-electron chi connectivity index (χ0n) is 18.3. The van der Waals surface area contributed by atoms with Crippen molar-refractivity contribution in [3.8, 4) is 0 Å². The maximum absolute atomic E-state index is 13.1. The molecule has 172 valence electrons. The fraction of sp³-hybridized carbons (Fsp3) is 0.696. The molecule has 3 fully saturated rings. The Morgan fingerprint density at radius 2 is 1.68 bits per heavy atom. The first-order valence-corrected chi connectivity index (χ1v) is 13.2. The highest BCUT2D eigenvalue weighted by atomic mass is 32.2. The predicted molar refractivity (Wildman–Crippen MR) is 119 cm³/mol. The number of hydrogen-bond donors (Lipinski definition) is 1. The topological polar surface area (TPSA) is 79.0 Å². The molecule has 1 saturated carbocycles. The van der Waals surface area contributed by atoms with Crippen LogP contribution in [0.4, 0.5) is 0 Å². The maximum atomic E-state index is 13.1. The van der Waals surface area contributed by atoms with E-state index in [9.17, 15) is 13.2 Å². The number of rotatable bonds is 7. The van der Waals surface area contributed by atoms with Gasteiger partial charge in [0.05, 0.1) is 17.5 Å². The van der Waals surface area contributed by atoms with Gasteiger partial charge in [-0.15, -0.1) is 0 Å². The first kappa shape index (κ1) is 22.7. The Morgan fingerprint density at radius 1 is 0.968 bits per heavy atom. The molecule has 2 aliphatic heterocycles. The lowest BCUT2D eigenvalue weighted by Crippen LogP contribution is -2.51. The number of amides is 1. The Kier molecular flexibility index (Phi) is 7.63. The van der Waals surface area contributed by atoms with Crippen LogP contribution in [0, 0.1) is 0 Å². The predicted octanol–water partition coefficient (Wildman–Crippen LogP) is 2.34. The summed E-state index contributed by atoms with van der Waals surface area (Å²) in [5, 5.41) is 2.93. The standard InChI is InChI=1S/C23H35N3O4S/c27-23(24-17-21-7-4-16-30-21)18-25-12-14-26(15-13-25)31(28,29)22-10-8-20(9-11-22)19-5-2-1-3-6-19/h8-11,19,21H,1-7,12-18H2,(H,24,27)/t21-/m1/s1. The summed E-state index contributed by atoms with van der Waals surface area (Å²) in [7, 11) is -3.49. The molecule has 0 aromatic heterocycles. The highest BCUT2D eigenvalue weighted by Crippen LogP contribution is 2.33. The molecule has 0 unspecified atom stereocenters. The van der Waals surface area contributed by atoms with Crippen molar-refractivity contribution in [3.05, 3.63) is 29.8 Å². The third-order valence-corrected chi connectivity index (χ3v) is 8.76. The lowest BCUT2D eigenvalue weighted by atomic mass is 9.84. The summed E-state index contributed by atoms with van der Waals surface area (Å²) in [5.74, 6) is 0.547. The molecule has 1 aliphatic carbocycles. The zero-order chi connectivity index (χ0) is 21.7. The van der Waals surface area contributed by atoms with E-state index in [0.29, 0.717) is 50.1 Å². The Morgan fingerprint density at radius 3 is 2.32 bits per heavy atom. The molecule has 1 aromatic rings. The number of benzene rings is 1. The molecule has 1 N–H and O–H groups in total. The number of sulfonamides is 1. The van der Waals surface area contributed by atoms with Gasteiger partial charge in [-0.05, 0) is 49.3 Å². The lowest BCUT2D eigenvalue weighted by molar-refractivity contribution is -0.123. The van der Waals surface area contributed by atoms with Gasteiger partial charge in [0.2, 0.25) is 15.9 Å². The van der Waals surface area contributed by atoms with Gasteiger partial charge < -0.3 is 10.1 Å². The van der Waals surface area contributed by atoms with Crippen molar-refractivity contribution in [1.29, 1.82) is 0 Å². The highest BCUT2D eigenvalue weighted by Gasteiger charge is 2.29. The second kappa shape index (κ2) is 10.4. The van der Waals surface area contributed by atoms with Gasteiger partial charge >= 0.3 is 0 Å². The quantitative estimate of drug-likeness (QED) is 0.691. The van der Waals surface area contributed by atoms with Gasteiger partial charge in [-0.2, -0.15) is 4.31 Å². The largest absolute Gasteiger partial charge is 0.376 e. The average molecular weight is 450 g/mol. The van der Waals surface area contributed by atoms with Crippen LogP contribution < -0.4 is 5.32 Å². The highest BCUT2D eigenvalue weighted by molar-refractivity contribution is 7.89. The molecular weight excluding hydrogens is 414 g/mol. The number of hydrogen-bond acceptors (Lipinski definition) is 5. The molecule has 2 heterocycles. The van der Waals surface area contributed by atoms with Crippen LogP contribution in [0.2, 0.25) is 0 Å². The van der Waals surface area contributed by atoms with Crippen LogP contribution in [0.5, 0.6) is 0 Å². The molecular formula is C23H35N3O4S. The van der Waals surface area contributed by atoms with Crippen molar-refractivity contribution in [2.24, 2.45) is 0 Å². The second-order valence-electron chi connectivity index (χ2n) is 9.02. The van der Waals surface area contributed by atoms with E-state index in [1.54, 1.807) is 16.4 Å². The van der Waals surface area contributed by atoms with Gasteiger partial charge in [-0.1, -0.05) is 31.4 Å². The van der Waals surface area contributed by atoms with Crippen LogP contribution in [0.15, 0.2) is 29.2 Å². The number of carbonyl (C=O) groups excluding carboxylic acids is 1. The van der Waals surface area contributed by atoms with Gasteiger partial charge in [0.1, 0.15) is 0 Å². The zero-order valence-corrected chi connectivity index (χ0v) is 19.1. The minimum absolute atomic E-state index is 0.0230. The monoisotopic (exact) mass is 449 g/mol. The van der Waals surface area contributed by atoms with E-state index < -0.39 is 10.0 Å². The molecule has 31 heavy (non-hydrogen) atoms. The van der Waals surface area contributed by atoms with Gasteiger partial charge in [0.25, 0.3) is 0 Å². The minimum atomic E-state index is -3.49. The van der Waals surface area contributed by atoms with Crippen LogP contribution in [0.25, 0.3) is 0 Å². The van der Waals surface area contributed by atoms with Crippen molar-refractivity contribution < 1.29 is 17.9 Å². The first-order valence-electron chi connectivity index (χ1n) is 11.7. The molecule has 4 rings (SSSR count). The van der Waals surface area contributed by atoms with E-state index in [1.807, 2.05) is 17.0 Å². The molecule has 3 aliphatic rings. The summed E-state index contributed by atoms with van der Waals surface area (Å²) in [4.78, 5) is 14.6. The number of nitrogens with zero attached hydrogens (tertiary/aromatic N) is 2. The van der Waals surface area contributed by atoms with Gasteiger partial charge in [-0.25, -0.2) is 8.42 Å². The maximum Gasteiger partial charge on any atom is 0.243 e. The third-order valence-electron chi connectivity index (χ3n) is 6.84. The molecule has 8 heteroatoms. The van der Waals surface area contributed by atoms with E-state index in [1.165, 1.54) is 37.7 Å². The summed E-state index contributed by atoms with van der Waals surface area (Å²) in [6.45, 7) is 3.58. The number of nitrogens with one attached hydrogen (secondary N) is 1. The van der Waals surface area contributed by atoms with Crippen LogP contribution in [0.1, 0.15) is 56.4 Å². The Bertz CT molecular complexity index is 823. The van der Waals surface area contributed by atoms with Crippen LogP contribution in [-0.2, 0) is 19.6 Å². The Hall–Kier alpha value is -1.48. The molecule has 7 nitrogen and oxygen atoms in total. The van der Waals surface area contributed by atoms with E-state index in [2.05, 4.69) is 5.32 Å². The van der Waals surface area contributed by atoms with Crippen molar-refractivity contribution in [1.82, 2.24) is 14.5 Å². The van der Waals surface area contributed by atoms with E-state index in [4.69, 9.17) is 4.74 Å². The molecule has 0 radical (unpaired) electrons. The van der Waals surface area contributed by atoms with Gasteiger partial charge in [0.15, 0.2) is 0 Å². The van der Waals surface area contributed by atoms with Crippen molar-refractivity contribution in [3.63, 3.8) is 0 Å². The fourth-order valence-corrected chi connectivity index (χ4v) is 6.34. The van der Waals surface area contributed by atoms with E-state index in [-0.39, 0.29) is 12.0 Å². The van der Waals surface area contributed by atoms with Gasteiger partial charge in [0, 0.05) is 39.3 Å². The first-order chi connectivity index (χ1) is 15.0. The summed E-state index contributed by atoms with van der Waals surface area (Å²) < 4.78 is 33.2. The van der Waals surface area contributed by atoms with Gasteiger partial charge in [-0.3, -0.25) is 9.69 Å². The third kappa shape index (κ3) is 5.86. The van der Waals surface area contributed by atoms with E-state index in [0.717, 1.165) is 19.4 Å². The van der Waals surface area contributed by atoms with Crippen LogP contribution in [0.3, 0.4) is 0 Å². The summed E-state index contributed by atoms with van der Waals surface area (Å²) in [6.07, 6.45) is 8.44. The summed E-state index contributed by atoms with van der Waals surface area (Å²) in [5.41, 5.74) is 1.26. The van der Waals surface area contributed by atoms with Crippen LogP contribution in [-0.4, -0.2) is 75.5 Å². The molecule has 1 aromatic carbocycles. The van der Waals surface area contributed by atoms with Crippen molar-refractivity contribution in [2.75, 3.05) is 45.9 Å². The smallest absolute Gasteiger partial charge is 0.243 e. The Balaban J connectivity index is 1.25. The molecule has 1 amide bonds. The van der Waals surface area contributed by atoms with Crippen molar-refractivity contribution in [2.45, 2.75) is 61.9 Å². The van der Waals surface area contributed by atoms with Crippen molar-refractivity contribution >= 4 is 15.9 Å². The minimum Gasteiger partial charge on any atom is -0.376 e. The van der Waals surface area contributed by atoms with E-state index >= 15 is 0 Å². The SMILES string of the molecule is O=C(CN1CCN(S(=O)(=O)c2ccc(C3CCCCC3)cc2)CC1)NC[C@H]1CCCO1. The lowest BCUT2D eigenvalue weighted by Gasteiger charge is -2.33.